The van der Waals surface area contributed by atoms with Crippen LogP contribution >= 0.6 is 0 Å². The average Bonchev–Trinajstić information content (AvgIpc) is 3.19. The molecule has 1 saturated carbocycles. The van der Waals surface area contributed by atoms with Crippen molar-refractivity contribution in [1.29, 1.82) is 0 Å². The number of nitrogens with two attached hydrogens (primary N) is 1. The molecule has 0 bridgehead atoms. The Morgan fingerprint density at radius 1 is 1.40 bits per heavy atom. The van der Waals surface area contributed by atoms with Crippen LogP contribution in [-0.4, -0.2) is 23.6 Å². The zero-order valence-electron chi connectivity index (χ0n) is 12.1. The number of hydrogen-bond donors (Lipinski definition) is 3. The first-order chi connectivity index (χ1) is 9.54. The molecule has 1 amide bonds. The van der Waals surface area contributed by atoms with Gasteiger partial charge in [-0.15, -0.1) is 0 Å². The maximum Gasteiger partial charge on any atom is 0.237 e. The number of aromatic hydroxyl groups is 1. The van der Waals surface area contributed by atoms with Crippen molar-refractivity contribution in [3.8, 4) is 5.75 Å². The summed E-state index contributed by atoms with van der Waals surface area (Å²) in [5.41, 5.74) is 7.24. The van der Waals surface area contributed by atoms with Gasteiger partial charge in [0.2, 0.25) is 5.91 Å². The van der Waals surface area contributed by atoms with E-state index in [1.807, 2.05) is 0 Å². The van der Waals surface area contributed by atoms with Crippen LogP contribution in [0.4, 0.5) is 0 Å². The van der Waals surface area contributed by atoms with Gasteiger partial charge in [-0.05, 0) is 48.8 Å². The van der Waals surface area contributed by atoms with Crippen LogP contribution in [0.2, 0.25) is 0 Å². The van der Waals surface area contributed by atoms with Crippen LogP contribution in [0.5, 0.6) is 5.75 Å². The van der Waals surface area contributed by atoms with Gasteiger partial charge < -0.3 is 16.2 Å². The largest absolute Gasteiger partial charge is 0.508 e. The van der Waals surface area contributed by atoms with Gasteiger partial charge in [0.1, 0.15) is 5.75 Å². The highest BCUT2D eigenvalue weighted by Gasteiger charge is 2.41. The fraction of sp³-hybridized carbons (Fsp3) is 0.562. The lowest BCUT2D eigenvalue weighted by atomic mass is 10.0. The molecule has 0 saturated heterocycles. The first-order valence-electron chi connectivity index (χ1n) is 7.36. The number of carbonyl (C=O) groups is 1. The van der Waals surface area contributed by atoms with Crippen molar-refractivity contribution in [2.24, 2.45) is 11.1 Å². The molecule has 1 atom stereocenters. The Bertz CT molecular complexity index is 452. The van der Waals surface area contributed by atoms with Gasteiger partial charge in [-0.3, -0.25) is 4.79 Å². The molecular formula is C16H24N2O2. The van der Waals surface area contributed by atoms with E-state index in [0.717, 1.165) is 18.5 Å². The summed E-state index contributed by atoms with van der Waals surface area (Å²) in [5.74, 6) is 0.141. The summed E-state index contributed by atoms with van der Waals surface area (Å²) in [6.07, 6.45) is 5.27. The zero-order chi connectivity index (χ0) is 14.6. The molecule has 1 aromatic carbocycles. The lowest BCUT2D eigenvalue weighted by molar-refractivity contribution is -0.122. The van der Waals surface area contributed by atoms with Crippen molar-refractivity contribution in [3.63, 3.8) is 0 Å². The van der Waals surface area contributed by atoms with Crippen LogP contribution in [0.3, 0.4) is 0 Å². The second-order valence-electron chi connectivity index (χ2n) is 5.94. The SMILES string of the molecule is CCCC1(CNC(=O)[C@@H](N)Cc2ccc(O)cc2)CC1. The predicted octanol–water partition coefficient (Wildman–Crippen LogP) is 1.96. The van der Waals surface area contributed by atoms with Gasteiger partial charge in [0.25, 0.3) is 0 Å². The van der Waals surface area contributed by atoms with Gasteiger partial charge >= 0.3 is 0 Å². The molecule has 0 aromatic heterocycles. The Morgan fingerprint density at radius 3 is 2.60 bits per heavy atom. The third kappa shape index (κ3) is 3.97. The third-order valence-corrected chi connectivity index (χ3v) is 4.10. The normalized spacial score (nSPS) is 17.5. The van der Waals surface area contributed by atoms with E-state index in [1.54, 1.807) is 24.3 Å². The molecule has 0 aliphatic heterocycles. The van der Waals surface area contributed by atoms with Crippen LogP contribution in [0.1, 0.15) is 38.2 Å². The summed E-state index contributed by atoms with van der Waals surface area (Å²) in [4.78, 5) is 12.0. The first-order valence-corrected chi connectivity index (χ1v) is 7.36. The maximum absolute atomic E-state index is 12.0. The van der Waals surface area contributed by atoms with E-state index in [1.165, 1.54) is 19.3 Å². The van der Waals surface area contributed by atoms with Crippen LogP contribution in [0.15, 0.2) is 24.3 Å². The van der Waals surface area contributed by atoms with Gasteiger partial charge in [0, 0.05) is 6.54 Å². The minimum absolute atomic E-state index is 0.0829. The quantitative estimate of drug-likeness (QED) is 0.712. The number of rotatable bonds is 7. The molecule has 1 aliphatic carbocycles. The standard InChI is InChI=1S/C16H24N2O2/c1-2-7-16(8-9-16)11-18-15(20)14(17)10-12-3-5-13(19)6-4-12/h3-6,14,19H,2,7-11,17H2,1H3,(H,18,20)/t14-/m0/s1. The molecule has 1 aromatic rings. The number of phenolic OH excluding ortho intramolecular Hbond substituents is 1. The zero-order valence-corrected chi connectivity index (χ0v) is 12.1. The monoisotopic (exact) mass is 276 g/mol. The van der Waals surface area contributed by atoms with E-state index in [2.05, 4.69) is 12.2 Å². The molecule has 0 heterocycles. The van der Waals surface area contributed by atoms with E-state index in [9.17, 15) is 9.90 Å². The number of benzene rings is 1. The third-order valence-electron chi connectivity index (χ3n) is 4.10. The lowest BCUT2D eigenvalue weighted by Gasteiger charge is -2.17. The smallest absolute Gasteiger partial charge is 0.237 e. The molecule has 4 heteroatoms. The minimum Gasteiger partial charge on any atom is -0.508 e. The molecule has 110 valence electrons. The van der Waals surface area contributed by atoms with E-state index < -0.39 is 6.04 Å². The highest BCUT2D eigenvalue weighted by Crippen LogP contribution is 2.48. The van der Waals surface area contributed by atoms with Crippen LogP contribution in [0.25, 0.3) is 0 Å². The minimum atomic E-state index is -0.531. The van der Waals surface area contributed by atoms with Crippen molar-refractivity contribution < 1.29 is 9.90 Å². The fourth-order valence-corrected chi connectivity index (χ4v) is 2.61. The predicted molar refractivity (Wildman–Crippen MR) is 79.4 cm³/mol. The summed E-state index contributed by atoms with van der Waals surface area (Å²) >= 11 is 0. The number of phenols is 1. The molecule has 4 nitrogen and oxygen atoms in total. The molecule has 20 heavy (non-hydrogen) atoms. The molecule has 1 aliphatic rings. The van der Waals surface area contributed by atoms with Gasteiger partial charge in [-0.25, -0.2) is 0 Å². The second-order valence-corrected chi connectivity index (χ2v) is 5.94. The lowest BCUT2D eigenvalue weighted by Crippen LogP contribution is -2.44. The van der Waals surface area contributed by atoms with E-state index in [0.29, 0.717) is 11.8 Å². The number of carbonyl (C=O) groups excluding carboxylic acids is 1. The Labute approximate surface area is 120 Å². The Kier molecular flexibility index (Phi) is 4.65. The molecule has 4 N–H and O–H groups in total. The van der Waals surface area contributed by atoms with Crippen molar-refractivity contribution in [3.05, 3.63) is 29.8 Å². The van der Waals surface area contributed by atoms with E-state index in [-0.39, 0.29) is 11.7 Å². The number of hydrogen-bond acceptors (Lipinski definition) is 3. The summed E-state index contributed by atoms with van der Waals surface area (Å²) in [6, 6.07) is 6.28. The molecule has 2 rings (SSSR count). The van der Waals surface area contributed by atoms with Crippen LogP contribution in [0, 0.1) is 5.41 Å². The van der Waals surface area contributed by atoms with E-state index >= 15 is 0 Å². The van der Waals surface area contributed by atoms with E-state index in [4.69, 9.17) is 5.73 Å². The first kappa shape index (κ1) is 14.9. The van der Waals surface area contributed by atoms with Gasteiger partial charge in [-0.2, -0.15) is 0 Å². The maximum atomic E-state index is 12.0. The Balaban J connectivity index is 1.78. The highest BCUT2D eigenvalue weighted by molar-refractivity contribution is 5.81. The van der Waals surface area contributed by atoms with Crippen LogP contribution in [-0.2, 0) is 11.2 Å². The van der Waals surface area contributed by atoms with Crippen molar-refractivity contribution in [1.82, 2.24) is 5.32 Å². The number of amides is 1. The second kappa shape index (κ2) is 6.27. The fourth-order valence-electron chi connectivity index (χ4n) is 2.61. The summed E-state index contributed by atoms with van der Waals surface area (Å²) in [7, 11) is 0. The van der Waals surface area contributed by atoms with Crippen molar-refractivity contribution in [2.45, 2.75) is 45.1 Å². The molecule has 1 fully saturated rings. The Hall–Kier alpha value is -1.55. The average molecular weight is 276 g/mol. The Morgan fingerprint density at radius 2 is 2.05 bits per heavy atom. The van der Waals surface area contributed by atoms with Gasteiger partial charge in [0.15, 0.2) is 0 Å². The molecular weight excluding hydrogens is 252 g/mol. The number of nitrogens with one attached hydrogen (secondary N) is 1. The summed E-state index contributed by atoms with van der Waals surface area (Å²) in [6.45, 7) is 2.93. The summed E-state index contributed by atoms with van der Waals surface area (Å²) < 4.78 is 0. The van der Waals surface area contributed by atoms with Gasteiger partial charge in [-0.1, -0.05) is 25.5 Å². The molecule has 0 radical (unpaired) electrons. The van der Waals surface area contributed by atoms with Crippen LogP contribution < -0.4 is 11.1 Å². The molecule has 0 spiro atoms. The topological polar surface area (TPSA) is 75.4 Å². The summed E-state index contributed by atoms with van der Waals surface area (Å²) in [5, 5.41) is 12.2. The molecule has 0 unspecified atom stereocenters. The highest BCUT2D eigenvalue weighted by atomic mass is 16.3. The van der Waals surface area contributed by atoms with Crippen molar-refractivity contribution >= 4 is 5.91 Å². The van der Waals surface area contributed by atoms with Gasteiger partial charge in [0.05, 0.1) is 6.04 Å². The van der Waals surface area contributed by atoms with Crippen molar-refractivity contribution in [2.75, 3.05) is 6.54 Å².